The summed E-state index contributed by atoms with van der Waals surface area (Å²) in [5.41, 5.74) is 4.66. The van der Waals surface area contributed by atoms with Crippen molar-refractivity contribution >= 4 is 23.3 Å². The molecule has 0 atom stereocenters. The fourth-order valence-corrected chi connectivity index (χ4v) is 1.95. The number of rotatable bonds is 6. The van der Waals surface area contributed by atoms with Gasteiger partial charge in [0, 0.05) is 11.8 Å². The van der Waals surface area contributed by atoms with Crippen LogP contribution in [0.4, 0.5) is 16.0 Å². The molecule has 0 saturated heterocycles. The monoisotopic (exact) mass is 333 g/mol. The van der Waals surface area contributed by atoms with Crippen LogP contribution in [0.3, 0.4) is 0 Å². The maximum Gasteiger partial charge on any atom is 0.257 e. The van der Waals surface area contributed by atoms with Crippen molar-refractivity contribution in [3.8, 4) is 0 Å². The van der Waals surface area contributed by atoms with E-state index < -0.39 is 17.1 Å². The van der Waals surface area contributed by atoms with Crippen molar-refractivity contribution in [2.45, 2.75) is 13.8 Å². The molecule has 0 aliphatic rings. The summed E-state index contributed by atoms with van der Waals surface area (Å²) in [6, 6.07) is 6.70. The Hall–Kier alpha value is -3.16. The topological polar surface area (TPSA) is 100 Å². The first kappa shape index (κ1) is 17.2. The standard InChI is InChI=1S/C16H16FN3O4/c1-9-7-13(22)15(10(2)21)16(24-9)20-19-14(23)8-18-12-5-3-11(17)4-6-12/h3-7,18,20H,8H2,1-2H3,(H,19,23). The highest BCUT2D eigenvalue weighted by Gasteiger charge is 2.15. The van der Waals surface area contributed by atoms with E-state index in [4.69, 9.17) is 4.42 Å². The first-order valence-corrected chi connectivity index (χ1v) is 7.07. The van der Waals surface area contributed by atoms with Crippen molar-refractivity contribution in [3.63, 3.8) is 0 Å². The number of aryl methyl sites for hydroxylation is 1. The van der Waals surface area contributed by atoms with Crippen LogP contribution >= 0.6 is 0 Å². The van der Waals surface area contributed by atoms with Crippen LogP contribution < -0.4 is 21.6 Å². The minimum absolute atomic E-state index is 0.107. The second-order valence-electron chi connectivity index (χ2n) is 5.02. The third-order valence-corrected chi connectivity index (χ3v) is 3.04. The van der Waals surface area contributed by atoms with Gasteiger partial charge in [0.15, 0.2) is 11.2 Å². The van der Waals surface area contributed by atoms with Crippen LogP contribution in [-0.2, 0) is 4.79 Å². The fourth-order valence-electron chi connectivity index (χ4n) is 1.95. The molecule has 1 aromatic heterocycles. The van der Waals surface area contributed by atoms with E-state index >= 15 is 0 Å². The van der Waals surface area contributed by atoms with Crippen LogP contribution in [-0.4, -0.2) is 18.2 Å². The van der Waals surface area contributed by atoms with Gasteiger partial charge in [-0.3, -0.25) is 25.2 Å². The first-order chi connectivity index (χ1) is 11.4. The molecule has 0 aliphatic carbocycles. The fraction of sp³-hybridized carbons (Fsp3) is 0.188. The molecule has 0 spiro atoms. The Morgan fingerprint density at radius 3 is 2.50 bits per heavy atom. The molecule has 24 heavy (non-hydrogen) atoms. The van der Waals surface area contributed by atoms with E-state index in [1.807, 2.05) is 0 Å². The molecular weight excluding hydrogens is 317 g/mol. The molecule has 0 unspecified atom stereocenters. The number of hydrazine groups is 1. The molecule has 0 bridgehead atoms. The summed E-state index contributed by atoms with van der Waals surface area (Å²) in [4.78, 5) is 35.1. The molecule has 126 valence electrons. The summed E-state index contributed by atoms with van der Waals surface area (Å²) in [6.07, 6.45) is 0. The lowest BCUT2D eigenvalue weighted by Gasteiger charge is -2.11. The molecule has 2 aromatic rings. The summed E-state index contributed by atoms with van der Waals surface area (Å²) < 4.78 is 18.0. The Balaban J connectivity index is 1.98. The number of carbonyl (C=O) groups excluding carboxylic acids is 2. The number of hydrogen-bond donors (Lipinski definition) is 3. The lowest BCUT2D eigenvalue weighted by Crippen LogP contribution is -2.35. The average Bonchev–Trinajstić information content (AvgIpc) is 2.51. The molecule has 0 fully saturated rings. The number of halogens is 1. The molecule has 1 heterocycles. The highest BCUT2D eigenvalue weighted by molar-refractivity contribution is 5.98. The second kappa shape index (κ2) is 7.40. The predicted molar refractivity (Wildman–Crippen MR) is 86.4 cm³/mol. The normalized spacial score (nSPS) is 10.1. The molecule has 7 nitrogen and oxygen atoms in total. The zero-order chi connectivity index (χ0) is 17.7. The quantitative estimate of drug-likeness (QED) is 0.551. The molecule has 0 radical (unpaired) electrons. The zero-order valence-electron chi connectivity index (χ0n) is 13.1. The molecular formula is C16H16FN3O4. The molecule has 2 rings (SSSR count). The van der Waals surface area contributed by atoms with Crippen LogP contribution in [0.25, 0.3) is 0 Å². The largest absolute Gasteiger partial charge is 0.443 e. The number of ketones is 1. The van der Waals surface area contributed by atoms with E-state index in [0.29, 0.717) is 11.4 Å². The van der Waals surface area contributed by atoms with Crippen LogP contribution in [0.5, 0.6) is 0 Å². The molecule has 1 aromatic carbocycles. The van der Waals surface area contributed by atoms with Crippen LogP contribution in [0.2, 0.25) is 0 Å². The third kappa shape index (κ3) is 4.42. The molecule has 0 saturated carbocycles. The van der Waals surface area contributed by atoms with Crippen LogP contribution in [0, 0.1) is 12.7 Å². The van der Waals surface area contributed by atoms with E-state index in [0.717, 1.165) is 0 Å². The minimum atomic E-state index is -0.493. The highest BCUT2D eigenvalue weighted by Crippen LogP contribution is 2.13. The molecule has 8 heteroatoms. The number of hydrogen-bond acceptors (Lipinski definition) is 6. The lowest BCUT2D eigenvalue weighted by atomic mass is 10.2. The first-order valence-electron chi connectivity index (χ1n) is 7.07. The van der Waals surface area contributed by atoms with Gasteiger partial charge in [0.05, 0.1) is 6.54 Å². The maximum atomic E-state index is 12.8. The van der Waals surface area contributed by atoms with E-state index in [-0.39, 0.29) is 23.8 Å². The summed E-state index contributed by atoms with van der Waals surface area (Å²) in [5.74, 6) is -1.16. The molecule has 3 N–H and O–H groups in total. The van der Waals surface area contributed by atoms with Crippen LogP contribution in [0.1, 0.15) is 23.0 Å². The molecule has 1 amide bonds. The van der Waals surface area contributed by atoms with E-state index in [1.165, 1.54) is 37.3 Å². The Labute approximate surface area is 136 Å². The van der Waals surface area contributed by atoms with Gasteiger partial charge in [-0.2, -0.15) is 0 Å². The number of nitrogens with one attached hydrogen (secondary N) is 3. The van der Waals surface area contributed by atoms with Crippen molar-refractivity contribution in [3.05, 3.63) is 57.7 Å². The number of benzene rings is 1. The second-order valence-corrected chi connectivity index (χ2v) is 5.02. The van der Waals surface area contributed by atoms with Gasteiger partial charge in [-0.25, -0.2) is 4.39 Å². The minimum Gasteiger partial charge on any atom is -0.443 e. The number of anilines is 2. The van der Waals surface area contributed by atoms with Gasteiger partial charge in [0.25, 0.3) is 5.91 Å². The number of Topliss-reactive ketones (excluding diaryl/α,β-unsaturated/α-hetero) is 1. The van der Waals surface area contributed by atoms with E-state index in [1.54, 1.807) is 6.92 Å². The lowest BCUT2D eigenvalue weighted by molar-refractivity contribution is -0.118. The van der Waals surface area contributed by atoms with Gasteiger partial charge in [0.1, 0.15) is 17.1 Å². The summed E-state index contributed by atoms with van der Waals surface area (Å²) in [7, 11) is 0. The Morgan fingerprint density at radius 1 is 1.21 bits per heavy atom. The Kier molecular flexibility index (Phi) is 5.31. The summed E-state index contributed by atoms with van der Waals surface area (Å²) >= 11 is 0. The zero-order valence-corrected chi connectivity index (χ0v) is 13.1. The third-order valence-electron chi connectivity index (χ3n) is 3.04. The Bertz CT molecular complexity index is 815. The van der Waals surface area contributed by atoms with Gasteiger partial charge >= 0.3 is 0 Å². The van der Waals surface area contributed by atoms with Crippen molar-refractivity contribution in [2.24, 2.45) is 0 Å². The maximum absolute atomic E-state index is 12.8. The number of amides is 1. The van der Waals surface area contributed by atoms with Crippen molar-refractivity contribution in [1.82, 2.24) is 5.43 Å². The van der Waals surface area contributed by atoms with E-state index in [9.17, 15) is 18.8 Å². The summed E-state index contributed by atoms with van der Waals surface area (Å²) in [5, 5.41) is 2.79. The SMILES string of the molecule is CC(=O)c1c(NNC(=O)CNc2ccc(F)cc2)oc(C)cc1=O. The highest BCUT2D eigenvalue weighted by atomic mass is 19.1. The van der Waals surface area contributed by atoms with Gasteiger partial charge < -0.3 is 9.73 Å². The summed E-state index contributed by atoms with van der Waals surface area (Å²) in [6.45, 7) is 2.67. The van der Waals surface area contributed by atoms with Gasteiger partial charge in [-0.05, 0) is 38.1 Å². The predicted octanol–water partition coefficient (Wildman–Crippen LogP) is 1.85. The van der Waals surface area contributed by atoms with Gasteiger partial charge in [-0.15, -0.1) is 0 Å². The van der Waals surface area contributed by atoms with Gasteiger partial charge in [-0.1, -0.05) is 0 Å². The van der Waals surface area contributed by atoms with Crippen LogP contribution in [0.15, 0.2) is 39.5 Å². The van der Waals surface area contributed by atoms with Gasteiger partial charge in [0.2, 0.25) is 5.88 Å². The smallest absolute Gasteiger partial charge is 0.257 e. The number of carbonyl (C=O) groups is 2. The van der Waals surface area contributed by atoms with E-state index in [2.05, 4.69) is 16.2 Å². The van der Waals surface area contributed by atoms with Crippen molar-refractivity contribution < 1.29 is 18.4 Å². The van der Waals surface area contributed by atoms with Crippen molar-refractivity contribution in [2.75, 3.05) is 17.3 Å². The molecule has 0 aliphatic heterocycles. The Morgan fingerprint density at radius 2 is 1.88 bits per heavy atom. The average molecular weight is 333 g/mol. The van der Waals surface area contributed by atoms with Crippen molar-refractivity contribution in [1.29, 1.82) is 0 Å².